The molecule has 0 spiro atoms. The van der Waals surface area contributed by atoms with Gasteiger partial charge < -0.3 is 14.8 Å². The smallest absolute Gasteiger partial charge is 0.242 e. The summed E-state index contributed by atoms with van der Waals surface area (Å²) in [6, 6.07) is 6.33. The van der Waals surface area contributed by atoms with Crippen LogP contribution in [0.25, 0.3) is 11.0 Å². The van der Waals surface area contributed by atoms with E-state index in [1.54, 1.807) is 0 Å². The van der Waals surface area contributed by atoms with E-state index >= 15 is 0 Å². The van der Waals surface area contributed by atoms with E-state index in [0.717, 1.165) is 50.1 Å². The first-order valence-corrected chi connectivity index (χ1v) is 9.75. The molecule has 0 bridgehead atoms. The number of nitrogens with zero attached hydrogens (tertiary/aromatic N) is 3. The number of hydrogen-bond donors (Lipinski definition) is 1. The van der Waals surface area contributed by atoms with Gasteiger partial charge in [-0.1, -0.05) is 12.8 Å². The third kappa shape index (κ3) is 3.56. The van der Waals surface area contributed by atoms with Crippen molar-refractivity contribution in [2.24, 2.45) is 0 Å². The maximum atomic E-state index is 13.0. The number of nitrogens with one attached hydrogen (secondary N) is 1. The number of piperidine rings is 1. The summed E-state index contributed by atoms with van der Waals surface area (Å²) in [6.45, 7) is 4.33. The molecule has 5 nitrogen and oxygen atoms in total. The number of rotatable bonds is 3. The van der Waals surface area contributed by atoms with Gasteiger partial charge in [-0.25, -0.2) is 4.98 Å². The number of fused-ring (bicyclic) bond motifs is 1. The van der Waals surface area contributed by atoms with Crippen LogP contribution >= 0.6 is 0 Å². The number of likely N-dealkylation sites (tertiary alicyclic amines) is 1. The summed E-state index contributed by atoms with van der Waals surface area (Å²) in [5.41, 5.74) is 2.22. The molecule has 0 radical (unpaired) electrons. The minimum Gasteiger partial charge on any atom is -0.341 e. The number of pyridine rings is 1. The van der Waals surface area contributed by atoms with Crippen molar-refractivity contribution in [2.75, 3.05) is 26.2 Å². The van der Waals surface area contributed by atoms with E-state index in [1.807, 2.05) is 12.3 Å². The van der Waals surface area contributed by atoms with Gasteiger partial charge in [-0.15, -0.1) is 0 Å². The molecule has 5 heteroatoms. The largest absolute Gasteiger partial charge is 0.341 e. The van der Waals surface area contributed by atoms with Gasteiger partial charge in [0.2, 0.25) is 5.91 Å². The van der Waals surface area contributed by atoms with Crippen molar-refractivity contribution in [3.05, 3.63) is 30.1 Å². The van der Waals surface area contributed by atoms with Crippen molar-refractivity contribution in [1.82, 2.24) is 19.8 Å². The second kappa shape index (κ2) is 7.56. The second-order valence-corrected chi connectivity index (χ2v) is 7.41. The van der Waals surface area contributed by atoms with Gasteiger partial charge in [-0.3, -0.25) is 4.79 Å². The van der Waals surface area contributed by atoms with Crippen LogP contribution in [-0.4, -0.2) is 46.5 Å². The van der Waals surface area contributed by atoms with Crippen molar-refractivity contribution in [3.63, 3.8) is 0 Å². The number of aromatic nitrogens is 2. The van der Waals surface area contributed by atoms with Crippen LogP contribution in [0, 0.1) is 0 Å². The minimum atomic E-state index is 0.245. The lowest BCUT2D eigenvalue weighted by molar-refractivity contribution is -0.131. The van der Waals surface area contributed by atoms with Crippen molar-refractivity contribution >= 4 is 16.9 Å². The lowest BCUT2D eigenvalue weighted by Crippen LogP contribution is -2.36. The van der Waals surface area contributed by atoms with Crippen LogP contribution in [-0.2, 0) is 11.3 Å². The van der Waals surface area contributed by atoms with Gasteiger partial charge in [0.1, 0.15) is 12.2 Å². The summed E-state index contributed by atoms with van der Waals surface area (Å²) in [5, 5.41) is 4.65. The van der Waals surface area contributed by atoms with Crippen LogP contribution in [0.2, 0.25) is 0 Å². The summed E-state index contributed by atoms with van der Waals surface area (Å²) in [6.07, 6.45) is 8.97. The quantitative estimate of drug-likeness (QED) is 0.935. The molecule has 0 unspecified atom stereocenters. The third-order valence-electron chi connectivity index (χ3n) is 5.65. The average Bonchev–Trinajstić information content (AvgIpc) is 2.83. The van der Waals surface area contributed by atoms with E-state index in [0.29, 0.717) is 12.5 Å². The van der Waals surface area contributed by atoms with E-state index in [4.69, 9.17) is 0 Å². The summed E-state index contributed by atoms with van der Waals surface area (Å²) in [7, 11) is 0. The molecule has 0 aliphatic carbocycles. The zero-order chi connectivity index (χ0) is 17.1. The van der Waals surface area contributed by atoms with Gasteiger partial charge in [0.25, 0.3) is 0 Å². The minimum absolute atomic E-state index is 0.245. The Morgan fingerprint density at radius 2 is 2.04 bits per heavy atom. The molecule has 2 aliphatic heterocycles. The Morgan fingerprint density at radius 1 is 1.20 bits per heavy atom. The highest BCUT2D eigenvalue weighted by Crippen LogP contribution is 2.29. The highest BCUT2D eigenvalue weighted by Gasteiger charge is 2.24. The molecule has 1 amide bonds. The Labute approximate surface area is 149 Å². The second-order valence-electron chi connectivity index (χ2n) is 7.41. The van der Waals surface area contributed by atoms with Crippen molar-refractivity contribution in [2.45, 2.75) is 51.0 Å². The molecule has 2 fully saturated rings. The van der Waals surface area contributed by atoms with Crippen molar-refractivity contribution in [1.29, 1.82) is 0 Å². The summed E-state index contributed by atoms with van der Waals surface area (Å²) >= 11 is 0. The standard InChI is InChI=1S/C20H28N4O/c25-19(23-11-3-1-2-4-12-23)15-24-18(17-8-5-9-21-14-17)13-16-7-6-10-22-20(16)24/h6-7,10,13,17,21H,1-5,8-9,11-12,14-15H2/t17-/m0/s1. The predicted octanol–water partition coefficient (Wildman–Crippen LogP) is 2.91. The zero-order valence-electron chi connectivity index (χ0n) is 14.9. The molecule has 1 N–H and O–H groups in total. The summed E-state index contributed by atoms with van der Waals surface area (Å²) in [5.74, 6) is 0.718. The van der Waals surface area contributed by atoms with Crippen molar-refractivity contribution < 1.29 is 4.79 Å². The molecule has 2 aromatic heterocycles. The molecular weight excluding hydrogens is 312 g/mol. The van der Waals surface area contributed by atoms with Crippen LogP contribution in [0.4, 0.5) is 0 Å². The number of carbonyl (C=O) groups excluding carboxylic acids is 1. The zero-order valence-corrected chi connectivity index (χ0v) is 14.9. The van der Waals surface area contributed by atoms with Gasteiger partial charge in [0.15, 0.2) is 0 Å². The first-order chi connectivity index (χ1) is 12.3. The van der Waals surface area contributed by atoms with Gasteiger partial charge in [0, 0.05) is 42.8 Å². The first-order valence-electron chi connectivity index (χ1n) is 9.75. The summed E-state index contributed by atoms with van der Waals surface area (Å²) in [4.78, 5) is 19.6. The van der Waals surface area contributed by atoms with Crippen LogP contribution in [0.5, 0.6) is 0 Å². The van der Waals surface area contributed by atoms with E-state index < -0.39 is 0 Å². The SMILES string of the molecule is O=C(Cn1c([C@H]2CCCNC2)cc2cccnc21)N1CCCCCC1. The normalized spacial score (nSPS) is 22.1. The fraction of sp³-hybridized carbons (Fsp3) is 0.600. The number of amides is 1. The Balaban J connectivity index is 1.63. The predicted molar refractivity (Wildman–Crippen MR) is 99.6 cm³/mol. The van der Waals surface area contributed by atoms with Crippen LogP contribution in [0.1, 0.15) is 50.1 Å². The molecule has 2 aromatic rings. The molecule has 2 aliphatic rings. The Morgan fingerprint density at radius 3 is 2.80 bits per heavy atom. The molecular formula is C20H28N4O. The van der Waals surface area contributed by atoms with Crippen LogP contribution in [0.3, 0.4) is 0 Å². The molecule has 4 rings (SSSR count). The third-order valence-corrected chi connectivity index (χ3v) is 5.65. The lowest BCUT2D eigenvalue weighted by atomic mass is 9.96. The topological polar surface area (TPSA) is 50.2 Å². The van der Waals surface area contributed by atoms with Gasteiger partial charge >= 0.3 is 0 Å². The Hall–Kier alpha value is -1.88. The lowest BCUT2D eigenvalue weighted by Gasteiger charge is -2.26. The highest BCUT2D eigenvalue weighted by molar-refractivity contribution is 5.82. The Kier molecular flexibility index (Phi) is 5.02. The van der Waals surface area contributed by atoms with Crippen LogP contribution in [0.15, 0.2) is 24.4 Å². The molecule has 2 saturated heterocycles. The van der Waals surface area contributed by atoms with E-state index in [1.165, 1.54) is 31.4 Å². The monoisotopic (exact) mass is 340 g/mol. The van der Waals surface area contributed by atoms with E-state index in [-0.39, 0.29) is 5.91 Å². The molecule has 134 valence electrons. The molecule has 1 atom stereocenters. The molecule has 0 aromatic carbocycles. The average molecular weight is 340 g/mol. The molecule has 0 saturated carbocycles. The van der Waals surface area contributed by atoms with Gasteiger partial charge in [-0.05, 0) is 50.4 Å². The fourth-order valence-corrected chi connectivity index (χ4v) is 4.27. The summed E-state index contributed by atoms with van der Waals surface area (Å²) < 4.78 is 2.18. The number of hydrogen-bond acceptors (Lipinski definition) is 3. The van der Waals surface area contributed by atoms with Gasteiger partial charge in [0.05, 0.1) is 0 Å². The van der Waals surface area contributed by atoms with E-state index in [9.17, 15) is 4.79 Å². The number of carbonyl (C=O) groups is 1. The molecule has 25 heavy (non-hydrogen) atoms. The van der Waals surface area contributed by atoms with Crippen molar-refractivity contribution in [3.8, 4) is 0 Å². The van der Waals surface area contributed by atoms with Gasteiger partial charge in [-0.2, -0.15) is 0 Å². The fourth-order valence-electron chi connectivity index (χ4n) is 4.27. The highest BCUT2D eigenvalue weighted by atomic mass is 16.2. The molecule has 4 heterocycles. The maximum absolute atomic E-state index is 13.0. The first kappa shape index (κ1) is 16.6. The maximum Gasteiger partial charge on any atom is 0.242 e. The van der Waals surface area contributed by atoms with Crippen LogP contribution < -0.4 is 5.32 Å². The Bertz CT molecular complexity index is 724. The van der Waals surface area contributed by atoms with E-state index in [2.05, 4.69) is 31.9 Å².